The van der Waals surface area contributed by atoms with Crippen LogP contribution in [0.2, 0.25) is 5.02 Å². The number of likely N-dealkylation sites (tertiary alicyclic amines) is 1. The SMILES string of the molecule is O=C(C[C@@]1(COc2cccc(Cl)c2)CCCN(C(=O)c2cnco2)C1)N1CCOCC1. The van der Waals surface area contributed by atoms with Crippen molar-refractivity contribution in [1.82, 2.24) is 14.8 Å². The fourth-order valence-corrected chi connectivity index (χ4v) is 4.39. The smallest absolute Gasteiger partial charge is 0.291 e. The van der Waals surface area contributed by atoms with Crippen LogP contribution < -0.4 is 4.74 Å². The molecule has 2 aromatic rings. The molecule has 166 valence electrons. The van der Waals surface area contributed by atoms with Crippen LogP contribution >= 0.6 is 11.6 Å². The molecule has 0 N–H and O–H groups in total. The van der Waals surface area contributed by atoms with Gasteiger partial charge >= 0.3 is 0 Å². The normalized spacial score (nSPS) is 21.7. The summed E-state index contributed by atoms with van der Waals surface area (Å²) in [6.07, 6.45) is 4.52. The minimum absolute atomic E-state index is 0.0620. The van der Waals surface area contributed by atoms with E-state index in [-0.39, 0.29) is 17.6 Å². The number of hydrogen-bond acceptors (Lipinski definition) is 6. The zero-order valence-corrected chi connectivity index (χ0v) is 18.1. The highest BCUT2D eigenvalue weighted by Crippen LogP contribution is 2.36. The summed E-state index contributed by atoms with van der Waals surface area (Å²) in [5, 5.41) is 0.585. The number of oxazole rings is 1. The number of morpholine rings is 1. The Morgan fingerprint density at radius 1 is 1.19 bits per heavy atom. The van der Waals surface area contributed by atoms with Gasteiger partial charge in [0.2, 0.25) is 11.7 Å². The Labute approximate surface area is 186 Å². The lowest BCUT2D eigenvalue weighted by molar-refractivity contribution is -0.139. The van der Waals surface area contributed by atoms with Crippen LogP contribution in [0, 0.1) is 5.41 Å². The summed E-state index contributed by atoms with van der Waals surface area (Å²) >= 11 is 6.09. The second kappa shape index (κ2) is 9.70. The highest BCUT2D eigenvalue weighted by atomic mass is 35.5. The molecule has 2 aliphatic heterocycles. The largest absolute Gasteiger partial charge is 0.493 e. The number of hydrogen-bond donors (Lipinski definition) is 0. The molecule has 0 aliphatic carbocycles. The van der Waals surface area contributed by atoms with Crippen molar-refractivity contribution >= 4 is 23.4 Å². The Morgan fingerprint density at radius 2 is 2.03 bits per heavy atom. The molecule has 0 radical (unpaired) electrons. The van der Waals surface area contributed by atoms with Crippen molar-refractivity contribution in [1.29, 1.82) is 0 Å². The van der Waals surface area contributed by atoms with E-state index in [0.717, 1.165) is 12.8 Å². The number of benzene rings is 1. The number of rotatable bonds is 6. The number of halogens is 1. The Balaban J connectivity index is 1.52. The molecule has 1 aromatic carbocycles. The second-order valence-corrected chi connectivity index (χ2v) is 8.55. The zero-order valence-electron chi connectivity index (χ0n) is 17.3. The topological polar surface area (TPSA) is 85.1 Å². The summed E-state index contributed by atoms with van der Waals surface area (Å²) in [7, 11) is 0. The number of carbonyl (C=O) groups excluding carboxylic acids is 2. The maximum Gasteiger partial charge on any atom is 0.291 e. The van der Waals surface area contributed by atoms with E-state index in [2.05, 4.69) is 4.98 Å². The monoisotopic (exact) mass is 447 g/mol. The second-order valence-electron chi connectivity index (χ2n) is 8.11. The molecule has 0 bridgehead atoms. The van der Waals surface area contributed by atoms with E-state index in [0.29, 0.717) is 63.2 Å². The van der Waals surface area contributed by atoms with Crippen molar-refractivity contribution in [2.75, 3.05) is 46.0 Å². The highest BCUT2D eigenvalue weighted by molar-refractivity contribution is 6.30. The molecule has 3 heterocycles. The van der Waals surface area contributed by atoms with Crippen LogP contribution in [0.1, 0.15) is 29.8 Å². The Kier molecular flexibility index (Phi) is 6.77. The molecule has 1 atom stereocenters. The van der Waals surface area contributed by atoms with Gasteiger partial charge in [-0.05, 0) is 31.0 Å². The molecule has 2 fully saturated rings. The number of nitrogens with zero attached hydrogens (tertiary/aromatic N) is 3. The van der Waals surface area contributed by atoms with Crippen molar-refractivity contribution in [2.45, 2.75) is 19.3 Å². The fourth-order valence-electron chi connectivity index (χ4n) is 4.21. The quantitative estimate of drug-likeness (QED) is 0.677. The van der Waals surface area contributed by atoms with E-state index in [4.69, 9.17) is 25.5 Å². The van der Waals surface area contributed by atoms with E-state index in [1.165, 1.54) is 12.6 Å². The van der Waals surface area contributed by atoms with Crippen LogP contribution in [0.25, 0.3) is 0 Å². The van der Waals surface area contributed by atoms with Gasteiger partial charge in [0, 0.05) is 43.0 Å². The van der Waals surface area contributed by atoms with Gasteiger partial charge in [-0.25, -0.2) is 4.98 Å². The van der Waals surface area contributed by atoms with Crippen molar-refractivity contribution < 1.29 is 23.5 Å². The van der Waals surface area contributed by atoms with E-state index < -0.39 is 5.41 Å². The average Bonchev–Trinajstić information content (AvgIpc) is 3.33. The third kappa shape index (κ3) is 5.37. The van der Waals surface area contributed by atoms with Gasteiger partial charge < -0.3 is 23.7 Å². The number of ether oxygens (including phenoxy) is 2. The molecule has 2 amide bonds. The molecule has 8 nitrogen and oxygen atoms in total. The van der Waals surface area contributed by atoms with Gasteiger partial charge in [-0.3, -0.25) is 9.59 Å². The molecule has 0 saturated carbocycles. The predicted octanol–water partition coefficient (Wildman–Crippen LogP) is 2.88. The molecule has 2 aliphatic rings. The van der Waals surface area contributed by atoms with Gasteiger partial charge in [-0.15, -0.1) is 0 Å². The summed E-state index contributed by atoms with van der Waals surface area (Å²) < 4.78 is 16.7. The first-order chi connectivity index (χ1) is 15.0. The number of aromatic nitrogens is 1. The molecule has 31 heavy (non-hydrogen) atoms. The highest BCUT2D eigenvalue weighted by Gasteiger charge is 2.41. The van der Waals surface area contributed by atoms with Crippen LogP contribution in [0.5, 0.6) is 5.75 Å². The molecule has 0 unspecified atom stereocenters. The first kappa shape index (κ1) is 21.6. The van der Waals surface area contributed by atoms with E-state index in [1.54, 1.807) is 17.0 Å². The van der Waals surface area contributed by atoms with Crippen molar-refractivity contribution in [3.8, 4) is 5.75 Å². The van der Waals surface area contributed by atoms with Crippen LogP contribution in [-0.4, -0.2) is 72.6 Å². The molecule has 0 spiro atoms. The predicted molar refractivity (Wildman–Crippen MR) is 113 cm³/mol. The standard InChI is InChI=1S/C22H26ClN3O5/c23-17-3-1-4-18(11-17)30-15-22(12-20(27)25-7-9-29-10-8-25)5-2-6-26(14-22)21(28)19-13-24-16-31-19/h1,3-4,11,13,16H,2,5-10,12,14-15H2/t22-/m0/s1. The first-order valence-electron chi connectivity index (χ1n) is 10.5. The van der Waals surface area contributed by atoms with Crippen molar-refractivity contribution in [2.24, 2.45) is 5.41 Å². The van der Waals surface area contributed by atoms with Crippen LogP contribution in [0.4, 0.5) is 0 Å². The minimum atomic E-state index is -0.508. The maximum atomic E-state index is 13.1. The first-order valence-corrected chi connectivity index (χ1v) is 10.8. The maximum absolute atomic E-state index is 13.1. The Bertz CT molecular complexity index is 900. The Hall–Kier alpha value is -2.58. The Morgan fingerprint density at radius 3 is 2.77 bits per heavy atom. The summed E-state index contributed by atoms with van der Waals surface area (Å²) in [6, 6.07) is 7.19. The molecule has 9 heteroatoms. The van der Waals surface area contributed by atoms with Crippen LogP contribution in [0.15, 0.2) is 41.3 Å². The summed E-state index contributed by atoms with van der Waals surface area (Å²) in [6.45, 7) is 3.59. The van der Waals surface area contributed by atoms with E-state index >= 15 is 0 Å². The third-order valence-corrected chi connectivity index (χ3v) is 6.06. The van der Waals surface area contributed by atoms with Crippen LogP contribution in [0.3, 0.4) is 0 Å². The fraction of sp³-hybridized carbons (Fsp3) is 0.500. The van der Waals surface area contributed by atoms with Gasteiger partial charge in [0.05, 0.1) is 26.0 Å². The lowest BCUT2D eigenvalue weighted by Gasteiger charge is -2.43. The summed E-state index contributed by atoms with van der Waals surface area (Å²) in [4.78, 5) is 33.4. The van der Waals surface area contributed by atoms with Gasteiger partial charge in [0.15, 0.2) is 6.39 Å². The zero-order chi connectivity index (χ0) is 21.7. The lowest BCUT2D eigenvalue weighted by Crippen LogP contribution is -2.52. The van der Waals surface area contributed by atoms with Gasteiger partial charge in [0.25, 0.3) is 5.91 Å². The molecular weight excluding hydrogens is 422 g/mol. The van der Waals surface area contributed by atoms with Crippen molar-refractivity contribution in [3.63, 3.8) is 0 Å². The lowest BCUT2D eigenvalue weighted by atomic mass is 9.77. The van der Waals surface area contributed by atoms with Crippen molar-refractivity contribution in [3.05, 3.63) is 47.6 Å². The molecule has 2 saturated heterocycles. The molecule has 4 rings (SSSR count). The molecule has 1 aromatic heterocycles. The van der Waals surface area contributed by atoms with Gasteiger partial charge in [-0.2, -0.15) is 0 Å². The number of amides is 2. The minimum Gasteiger partial charge on any atom is -0.493 e. The number of carbonyl (C=O) groups is 2. The molecular formula is C22H26ClN3O5. The third-order valence-electron chi connectivity index (χ3n) is 5.82. The number of piperidine rings is 1. The summed E-state index contributed by atoms with van der Waals surface area (Å²) in [5.41, 5.74) is -0.508. The average molecular weight is 448 g/mol. The summed E-state index contributed by atoms with van der Waals surface area (Å²) in [5.74, 6) is 0.686. The van der Waals surface area contributed by atoms with Crippen LogP contribution in [-0.2, 0) is 9.53 Å². The van der Waals surface area contributed by atoms with Gasteiger partial charge in [-0.1, -0.05) is 17.7 Å². The van der Waals surface area contributed by atoms with Gasteiger partial charge in [0.1, 0.15) is 5.75 Å². The van der Waals surface area contributed by atoms with E-state index in [9.17, 15) is 9.59 Å². The van der Waals surface area contributed by atoms with E-state index in [1.807, 2.05) is 17.0 Å².